The molecule has 1 amide bonds. The molecule has 0 fully saturated rings. The minimum atomic E-state index is -0.587. The maximum atomic E-state index is 12.3. The lowest BCUT2D eigenvalue weighted by molar-refractivity contribution is -0.124. The number of ether oxygens (including phenoxy) is 3. The van der Waals surface area contributed by atoms with Gasteiger partial charge in [-0.2, -0.15) is 0 Å². The molecule has 2 aromatic carbocycles. The molecule has 0 aliphatic rings. The van der Waals surface area contributed by atoms with Crippen LogP contribution >= 0.6 is 11.8 Å². The van der Waals surface area contributed by atoms with Crippen LogP contribution in [0.2, 0.25) is 0 Å². The maximum Gasteiger partial charge on any atom is 0.338 e. The summed E-state index contributed by atoms with van der Waals surface area (Å²) in [5, 5.41) is 2.75. The summed E-state index contributed by atoms with van der Waals surface area (Å²) in [4.78, 5) is 25.4. The van der Waals surface area contributed by atoms with E-state index < -0.39 is 5.97 Å². The first-order valence-corrected chi connectivity index (χ1v) is 11.3. The lowest BCUT2D eigenvalue weighted by Crippen LogP contribution is -2.30. The van der Waals surface area contributed by atoms with E-state index >= 15 is 0 Å². The fourth-order valence-corrected chi connectivity index (χ4v) is 3.35. The smallest absolute Gasteiger partial charge is 0.338 e. The van der Waals surface area contributed by atoms with Crippen molar-refractivity contribution < 1.29 is 23.8 Å². The summed E-state index contributed by atoms with van der Waals surface area (Å²) in [5.41, 5.74) is 1.51. The molecule has 168 valence electrons. The van der Waals surface area contributed by atoms with Gasteiger partial charge in [-0.15, -0.1) is 11.8 Å². The largest absolute Gasteiger partial charge is 0.493 e. The number of thioether (sulfide) groups is 1. The fourth-order valence-electron chi connectivity index (χ4n) is 2.58. The molecular formula is C24H31NO5S. The second kappa shape index (κ2) is 12.9. The standard InChI is InChI=1S/C24H31NO5S/c1-17(2)11-13-29-21-10-7-19(15-22(21)28-4)24(27)30-16-23(26)25-12-14-31-20-8-5-18(3)6-9-20/h5-10,15,17H,11-14,16H2,1-4H3,(H,25,26). The van der Waals surface area contributed by atoms with Crippen LogP contribution in [0.5, 0.6) is 11.5 Å². The summed E-state index contributed by atoms with van der Waals surface area (Å²) in [6.07, 6.45) is 0.922. The average Bonchev–Trinajstić information content (AvgIpc) is 2.76. The molecule has 0 aromatic heterocycles. The normalized spacial score (nSPS) is 10.6. The van der Waals surface area contributed by atoms with Gasteiger partial charge in [-0.25, -0.2) is 4.79 Å². The summed E-state index contributed by atoms with van der Waals surface area (Å²) in [6.45, 7) is 7.02. The quantitative estimate of drug-likeness (QED) is 0.295. The number of rotatable bonds is 12. The van der Waals surface area contributed by atoms with Gasteiger partial charge in [-0.1, -0.05) is 31.5 Å². The zero-order valence-corrected chi connectivity index (χ0v) is 19.4. The Kier molecular flexibility index (Phi) is 10.2. The van der Waals surface area contributed by atoms with Gasteiger partial charge in [0.25, 0.3) is 5.91 Å². The third-order valence-corrected chi connectivity index (χ3v) is 5.41. The van der Waals surface area contributed by atoms with Gasteiger partial charge in [0.15, 0.2) is 18.1 Å². The van der Waals surface area contributed by atoms with Crippen LogP contribution in [-0.4, -0.2) is 44.5 Å². The number of carbonyl (C=O) groups excluding carboxylic acids is 2. The van der Waals surface area contributed by atoms with Gasteiger partial charge in [-0.3, -0.25) is 4.79 Å². The van der Waals surface area contributed by atoms with Gasteiger partial charge in [-0.05, 0) is 49.6 Å². The highest BCUT2D eigenvalue weighted by atomic mass is 32.2. The molecule has 0 atom stereocenters. The molecule has 0 radical (unpaired) electrons. The first kappa shape index (κ1) is 24.6. The van der Waals surface area contributed by atoms with Crippen molar-refractivity contribution in [3.05, 3.63) is 53.6 Å². The van der Waals surface area contributed by atoms with Crippen LogP contribution in [0.1, 0.15) is 36.2 Å². The highest BCUT2D eigenvalue weighted by molar-refractivity contribution is 7.99. The number of hydrogen-bond acceptors (Lipinski definition) is 6. The number of benzene rings is 2. The third kappa shape index (κ3) is 8.92. The van der Waals surface area contributed by atoms with Gasteiger partial charge < -0.3 is 19.5 Å². The number of nitrogens with one attached hydrogen (secondary N) is 1. The Balaban J connectivity index is 1.74. The van der Waals surface area contributed by atoms with Gasteiger partial charge in [0.05, 0.1) is 19.3 Å². The van der Waals surface area contributed by atoms with E-state index in [-0.39, 0.29) is 12.5 Å². The molecule has 2 aromatic rings. The zero-order valence-electron chi connectivity index (χ0n) is 18.6. The summed E-state index contributed by atoms with van der Waals surface area (Å²) in [5.74, 6) is 1.37. The fraction of sp³-hybridized carbons (Fsp3) is 0.417. The molecule has 2 rings (SSSR count). The van der Waals surface area contributed by atoms with Crippen molar-refractivity contribution in [2.75, 3.05) is 32.6 Å². The molecule has 6 nitrogen and oxygen atoms in total. The Morgan fingerprint density at radius 3 is 2.48 bits per heavy atom. The molecule has 0 aliphatic heterocycles. The summed E-state index contributed by atoms with van der Waals surface area (Å²) in [7, 11) is 1.52. The molecular weight excluding hydrogens is 414 g/mol. The molecule has 0 bridgehead atoms. The Bertz CT molecular complexity index is 852. The molecule has 7 heteroatoms. The second-order valence-corrected chi connectivity index (χ2v) is 8.65. The molecule has 0 saturated heterocycles. The van der Waals surface area contributed by atoms with E-state index in [1.54, 1.807) is 30.0 Å². The van der Waals surface area contributed by atoms with Crippen LogP contribution in [0.3, 0.4) is 0 Å². The van der Waals surface area contributed by atoms with Crippen molar-refractivity contribution in [2.24, 2.45) is 5.92 Å². The van der Waals surface area contributed by atoms with E-state index in [9.17, 15) is 9.59 Å². The Hall–Kier alpha value is -2.67. The van der Waals surface area contributed by atoms with E-state index in [4.69, 9.17) is 14.2 Å². The van der Waals surface area contributed by atoms with Gasteiger partial charge in [0.2, 0.25) is 0 Å². The van der Waals surface area contributed by atoms with Crippen LogP contribution in [0.4, 0.5) is 0 Å². The number of carbonyl (C=O) groups is 2. The van der Waals surface area contributed by atoms with Crippen LogP contribution in [0, 0.1) is 12.8 Å². The number of hydrogen-bond donors (Lipinski definition) is 1. The molecule has 31 heavy (non-hydrogen) atoms. The number of aryl methyl sites for hydroxylation is 1. The second-order valence-electron chi connectivity index (χ2n) is 7.48. The molecule has 0 unspecified atom stereocenters. The first-order valence-electron chi connectivity index (χ1n) is 10.3. The summed E-state index contributed by atoms with van der Waals surface area (Å²) >= 11 is 1.66. The highest BCUT2D eigenvalue weighted by Gasteiger charge is 2.14. The lowest BCUT2D eigenvalue weighted by Gasteiger charge is -2.13. The predicted octanol–water partition coefficient (Wildman–Crippen LogP) is 4.49. The van der Waals surface area contributed by atoms with Gasteiger partial charge in [0, 0.05) is 17.2 Å². The van der Waals surface area contributed by atoms with Crippen LogP contribution in [-0.2, 0) is 9.53 Å². The van der Waals surface area contributed by atoms with Crippen molar-refractivity contribution >= 4 is 23.6 Å². The van der Waals surface area contributed by atoms with Gasteiger partial charge >= 0.3 is 5.97 Å². The number of esters is 1. The molecule has 0 spiro atoms. The molecule has 0 aliphatic carbocycles. The maximum absolute atomic E-state index is 12.3. The first-order chi connectivity index (χ1) is 14.9. The van der Waals surface area contributed by atoms with Crippen molar-refractivity contribution in [1.82, 2.24) is 5.32 Å². The summed E-state index contributed by atoms with van der Waals surface area (Å²) < 4.78 is 16.2. The molecule has 0 saturated carbocycles. The van der Waals surface area contributed by atoms with E-state index in [1.165, 1.54) is 12.7 Å². The third-order valence-electron chi connectivity index (χ3n) is 4.40. The Morgan fingerprint density at radius 1 is 1.06 bits per heavy atom. The van der Waals surface area contributed by atoms with Crippen molar-refractivity contribution in [2.45, 2.75) is 32.1 Å². The van der Waals surface area contributed by atoms with E-state index in [1.807, 2.05) is 6.92 Å². The summed E-state index contributed by atoms with van der Waals surface area (Å²) in [6, 6.07) is 13.1. The van der Waals surface area contributed by atoms with Crippen molar-refractivity contribution in [1.29, 1.82) is 0 Å². The van der Waals surface area contributed by atoms with Crippen molar-refractivity contribution in [3.8, 4) is 11.5 Å². The van der Waals surface area contributed by atoms with Crippen LogP contribution < -0.4 is 14.8 Å². The number of methoxy groups -OCH3 is 1. The lowest BCUT2D eigenvalue weighted by atomic mass is 10.1. The predicted molar refractivity (Wildman–Crippen MR) is 123 cm³/mol. The Morgan fingerprint density at radius 2 is 1.81 bits per heavy atom. The van der Waals surface area contributed by atoms with E-state index in [0.29, 0.717) is 36.1 Å². The van der Waals surface area contributed by atoms with E-state index in [0.717, 1.165) is 17.1 Å². The average molecular weight is 446 g/mol. The topological polar surface area (TPSA) is 73.9 Å². The number of amides is 1. The van der Waals surface area contributed by atoms with Crippen LogP contribution in [0.15, 0.2) is 47.4 Å². The highest BCUT2D eigenvalue weighted by Crippen LogP contribution is 2.28. The van der Waals surface area contributed by atoms with E-state index in [2.05, 4.69) is 43.4 Å². The minimum absolute atomic E-state index is 0.302. The minimum Gasteiger partial charge on any atom is -0.493 e. The van der Waals surface area contributed by atoms with Crippen molar-refractivity contribution in [3.63, 3.8) is 0 Å². The van der Waals surface area contributed by atoms with Crippen LogP contribution in [0.25, 0.3) is 0 Å². The SMILES string of the molecule is COc1cc(C(=O)OCC(=O)NCCSc2ccc(C)cc2)ccc1OCCC(C)C. The molecule has 1 N–H and O–H groups in total. The molecule has 0 heterocycles. The zero-order chi connectivity index (χ0) is 22.6. The van der Waals surface area contributed by atoms with Gasteiger partial charge in [0.1, 0.15) is 0 Å². The monoisotopic (exact) mass is 445 g/mol. The Labute approximate surface area is 188 Å².